The molecule has 3 nitrogen and oxygen atoms in total. The molecule has 0 saturated heterocycles. The number of halogens is 1. The number of ether oxygens (including phenoxy) is 1. The third kappa shape index (κ3) is 3.75. The van der Waals surface area contributed by atoms with E-state index in [1.807, 2.05) is 36.4 Å². The zero-order valence-corrected chi connectivity index (χ0v) is 11.8. The van der Waals surface area contributed by atoms with Gasteiger partial charge < -0.3 is 9.84 Å². The van der Waals surface area contributed by atoms with Crippen LogP contribution in [0, 0.1) is 0 Å². The minimum Gasteiger partial charge on any atom is -0.489 e. The molecular weight excluding hydrogens is 276 g/mol. The predicted octanol–water partition coefficient (Wildman–Crippen LogP) is 4.11. The molecule has 4 heteroatoms. The maximum absolute atomic E-state index is 10.9. The first-order valence-electron chi connectivity index (χ1n) is 6.26. The highest BCUT2D eigenvalue weighted by Crippen LogP contribution is 2.19. The fraction of sp³-hybridized carbons (Fsp3) is 0.188. The summed E-state index contributed by atoms with van der Waals surface area (Å²) in [6.07, 6.45) is 0. The molecule has 0 amide bonds. The number of hydrogen-bond acceptors (Lipinski definition) is 2. The number of rotatable bonds is 5. The van der Waals surface area contributed by atoms with Crippen LogP contribution in [0.2, 0.25) is 5.02 Å². The molecule has 0 heterocycles. The zero-order valence-electron chi connectivity index (χ0n) is 11.0. The van der Waals surface area contributed by atoms with Gasteiger partial charge in [0.05, 0.1) is 5.92 Å². The summed E-state index contributed by atoms with van der Waals surface area (Å²) in [4.78, 5) is 10.9. The van der Waals surface area contributed by atoms with E-state index >= 15 is 0 Å². The van der Waals surface area contributed by atoms with E-state index in [0.717, 1.165) is 16.9 Å². The lowest BCUT2D eigenvalue weighted by Gasteiger charge is -2.09. The summed E-state index contributed by atoms with van der Waals surface area (Å²) in [5.41, 5.74) is 1.77. The van der Waals surface area contributed by atoms with Crippen LogP contribution in [0.5, 0.6) is 5.75 Å². The maximum atomic E-state index is 10.9. The van der Waals surface area contributed by atoms with Crippen molar-refractivity contribution in [2.75, 3.05) is 0 Å². The topological polar surface area (TPSA) is 46.5 Å². The normalized spacial score (nSPS) is 11.9. The van der Waals surface area contributed by atoms with Gasteiger partial charge in [0.15, 0.2) is 0 Å². The van der Waals surface area contributed by atoms with Crippen molar-refractivity contribution < 1.29 is 14.6 Å². The van der Waals surface area contributed by atoms with Crippen LogP contribution in [0.15, 0.2) is 48.5 Å². The third-order valence-electron chi connectivity index (χ3n) is 3.07. The molecule has 0 saturated carbocycles. The number of benzene rings is 2. The van der Waals surface area contributed by atoms with E-state index in [0.29, 0.717) is 11.6 Å². The molecule has 20 heavy (non-hydrogen) atoms. The molecule has 0 aliphatic carbocycles. The highest BCUT2D eigenvalue weighted by atomic mass is 35.5. The second-order valence-corrected chi connectivity index (χ2v) is 4.98. The Hall–Kier alpha value is -2.00. The molecule has 2 aromatic carbocycles. The standard InChI is InChI=1S/C16H15ClO3/c1-11(16(18)19)13-4-2-12(3-5-13)10-20-15-8-6-14(17)7-9-15/h2-9,11H,10H2,1H3,(H,18,19). The largest absolute Gasteiger partial charge is 0.489 e. The average Bonchev–Trinajstić information content (AvgIpc) is 2.46. The number of carboxylic acids is 1. The van der Waals surface area contributed by atoms with Crippen molar-refractivity contribution in [3.63, 3.8) is 0 Å². The van der Waals surface area contributed by atoms with E-state index in [4.69, 9.17) is 21.4 Å². The Morgan fingerprint density at radius 3 is 2.30 bits per heavy atom. The van der Waals surface area contributed by atoms with Gasteiger partial charge in [-0.05, 0) is 42.3 Å². The Morgan fingerprint density at radius 1 is 1.15 bits per heavy atom. The minimum atomic E-state index is -0.824. The van der Waals surface area contributed by atoms with E-state index < -0.39 is 11.9 Å². The second-order valence-electron chi connectivity index (χ2n) is 4.54. The van der Waals surface area contributed by atoms with Crippen LogP contribution < -0.4 is 4.74 Å². The molecule has 0 radical (unpaired) electrons. The number of hydrogen-bond donors (Lipinski definition) is 1. The van der Waals surface area contributed by atoms with Gasteiger partial charge in [-0.2, -0.15) is 0 Å². The van der Waals surface area contributed by atoms with Crippen molar-refractivity contribution in [1.82, 2.24) is 0 Å². The molecule has 1 atom stereocenters. The molecule has 0 fully saturated rings. The molecule has 1 unspecified atom stereocenters. The van der Waals surface area contributed by atoms with Gasteiger partial charge in [-0.3, -0.25) is 4.79 Å². The molecule has 104 valence electrons. The zero-order chi connectivity index (χ0) is 14.5. The SMILES string of the molecule is CC(C(=O)O)c1ccc(COc2ccc(Cl)cc2)cc1. The molecular formula is C16H15ClO3. The van der Waals surface area contributed by atoms with Gasteiger partial charge in [0.25, 0.3) is 0 Å². The predicted molar refractivity (Wildman–Crippen MR) is 78.3 cm³/mol. The lowest BCUT2D eigenvalue weighted by Crippen LogP contribution is -2.07. The summed E-state index contributed by atoms with van der Waals surface area (Å²) in [6.45, 7) is 2.10. The molecule has 0 aliphatic rings. The Balaban J connectivity index is 1.97. The van der Waals surface area contributed by atoms with Gasteiger partial charge in [0.1, 0.15) is 12.4 Å². The first kappa shape index (κ1) is 14.4. The quantitative estimate of drug-likeness (QED) is 0.901. The van der Waals surface area contributed by atoms with Gasteiger partial charge in [-0.25, -0.2) is 0 Å². The smallest absolute Gasteiger partial charge is 0.310 e. The van der Waals surface area contributed by atoms with Crippen LogP contribution in [0.3, 0.4) is 0 Å². The number of carboxylic acid groups (broad SMARTS) is 1. The van der Waals surface area contributed by atoms with Crippen molar-refractivity contribution in [2.24, 2.45) is 0 Å². The first-order chi connectivity index (χ1) is 9.56. The molecule has 0 aliphatic heterocycles. The molecule has 2 rings (SSSR count). The minimum absolute atomic E-state index is 0.434. The Morgan fingerprint density at radius 2 is 1.75 bits per heavy atom. The fourth-order valence-electron chi connectivity index (χ4n) is 1.74. The summed E-state index contributed by atoms with van der Waals surface area (Å²) in [5.74, 6) is -0.575. The average molecular weight is 291 g/mol. The Labute approximate surface area is 122 Å². The highest BCUT2D eigenvalue weighted by Gasteiger charge is 2.12. The monoisotopic (exact) mass is 290 g/mol. The summed E-state index contributed by atoms with van der Waals surface area (Å²) in [5, 5.41) is 9.61. The van der Waals surface area contributed by atoms with Crippen LogP contribution in [-0.4, -0.2) is 11.1 Å². The van der Waals surface area contributed by atoms with Crippen LogP contribution >= 0.6 is 11.6 Å². The van der Waals surface area contributed by atoms with Crippen molar-refractivity contribution in [3.05, 3.63) is 64.7 Å². The van der Waals surface area contributed by atoms with E-state index in [1.54, 1.807) is 19.1 Å². The number of carbonyl (C=O) groups is 1. The molecule has 2 aromatic rings. The number of aliphatic carboxylic acids is 1. The Bertz CT molecular complexity index is 576. The van der Waals surface area contributed by atoms with E-state index in [-0.39, 0.29) is 0 Å². The van der Waals surface area contributed by atoms with Crippen molar-refractivity contribution >= 4 is 17.6 Å². The maximum Gasteiger partial charge on any atom is 0.310 e. The van der Waals surface area contributed by atoms with Gasteiger partial charge >= 0.3 is 5.97 Å². The Kier molecular flexibility index (Phi) is 4.64. The first-order valence-corrected chi connectivity index (χ1v) is 6.64. The van der Waals surface area contributed by atoms with E-state index in [1.165, 1.54) is 0 Å². The van der Waals surface area contributed by atoms with Crippen molar-refractivity contribution in [1.29, 1.82) is 0 Å². The second kappa shape index (κ2) is 6.44. The van der Waals surface area contributed by atoms with Crippen molar-refractivity contribution in [3.8, 4) is 5.75 Å². The van der Waals surface area contributed by atoms with Gasteiger partial charge in [-0.15, -0.1) is 0 Å². The van der Waals surface area contributed by atoms with Gasteiger partial charge in [0, 0.05) is 5.02 Å². The summed E-state index contributed by atoms with van der Waals surface area (Å²) in [7, 11) is 0. The van der Waals surface area contributed by atoms with Gasteiger partial charge in [-0.1, -0.05) is 35.9 Å². The van der Waals surface area contributed by atoms with Crippen LogP contribution in [0.25, 0.3) is 0 Å². The van der Waals surface area contributed by atoms with Crippen LogP contribution in [0.1, 0.15) is 24.0 Å². The molecule has 0 bridgehead atoms. The summed E-state index contributed by atoms with van der Waals surface area (Å²) >= 11 is 5.80. The molecule has 1 N–H and O–H groups in total. The van der Waals surface area contributed by atoms with E-state index in [9.17, 15) is 4.79 Å². The van der Waals surface area contributed by atoms with Crippen LogP contribution in [0.4, 0.5) is 0 Å². The lowest BCUT2D eigenvalue weighted by atomic mass is 10.0. The summed E-state index contributed by atoms with van der Waals surface area (Å²) in [6, 6.07) is 14.6. The fourth-order valence-corrected chi connectivity index (χ4v) is 1.87. The molecule has 0 aromatic heterocycles. The van der Waals surface area contributed by atoms with Gasteiger partial charge in [0.2, 0.25) is 0 Å². The molecule has 0 spiro atoms. The lowest BCUT2D eigenvalue weighted by molar-refractivity contribution is -0.138. The summed E-state index contributed by atoms with van der Waals surface area (Å²) < 4.78 is 5.62. The third-order valence-corrected chi connectivity index (χ3v) is 3.32. The van der Waals surface area contributed by atoms with Crippen LogP contribution in [-0.2, 0) is 11.4 Å². The van der Waals surface area contributed by atoms with E-state index in [2.05, 4.69) is 0 Å². The highest BCUT2D eigenvalue weighted by molar-refractivity contribution is 6.30. The van der Waals surface area contributed by atoms with Crippen molar-refractivity contribution in [2.45, 2.75) is 19.4 Å².